The zero-order valence-electron chi connectivity index (χ0n) is 15.2. The second kappa shape index (κ2) is 6.16. The molecule has 0 unspecified atom stereocenters. The van der Waals surface area contributed by atoms with E-state index in [4.69, 9.17) is 5.10 Å². The maximum absolute atomic E-state index is 4.78. The van der Waals surface area contributed by atoms with E-state index in [1.165, 1.54) is 0 Å². The van der Waals surface area contributed by atoms with Crippen molar-refractivity contribution in [1.82, 2.24) is 40.2 Å². The summed E-state index contributed by atoms with van der Waals surface area (Å²) in [5.74, 6) is 0.786. The van der Waals surface area contributed by atoms with Crippen LogP contribution in [-0.2, 0) is 6.42 Å². The lowest BCUT2D eigenvalue weighted by atomic mass is 10.1. The zero-order chi connectivity index (χ0) is 19.2. The molecule has 6 aromatic rings. The van der Waals surface area contributed by atoms with Crippen LogP contribution in [0, 0.1) is 0 Å². The van der Waals surface area contributed by atoms with Gasteiger partial charge in [-0.15, -0.1) is 15.3 Å². The van der Waals surface area contributed by atoms with Crippen LogP contribution in [0.4, 0.5) is 0 Å². The molecular weight excluding hydrogens is 364 g/mol. The molecule has 0 atom stereocenters. The normalized spacial score (nSPS) is 11.6. The van der Waals surface area contributed by atoms with Crippen molar-refractivity contribution in [3.05, 3.63) is 78.2 Å². The van der Waals surface area contributed by atoms with Crippen molar-refractivity contribution in [2.75, 3.05) is 0 Å². The molecule has 0 aliphatic heterocycles. The number of nitrogens with one attached hydrogen (secondary N) is 1. The molecule has 6 rings (SSSR count). The highest BCUT2D eigenvalue weighted by molar-refractivity contribution is 5.80. The van der Waals surface area contributed by atoms with Crippen LogP contribution in [0.15, 0.2) is 66.9 Å². The Morgan fingerprint density at radius 2 is 1.83 bits per heavy atom. The number of hydrogen-bond donors (Lipinski definition) is 1. The molecule has 8 heteroatoms. The lowest BCUT2D eigenvalue weighted by Crippen LogP contribution is -2.01. The predicted octanol–water partition coefficient (Wildman–Crippen LogP) is 3.20. The van der Waals surface area contributed by atoms with Gasteiger partial charge in [-0.05, 0) is 48.0 Å². The average Bonchev–Trinajstić information content (AvgIpc) is 3.40. The number of rotatable bonds is 3. The maximum atomic E-state index is 4.78. The number of aromatic nitrogens is 8. The monoisotopic (exact) mass is 378 g/mol. The topological polar surface area (TPSA) is 97.5 Å². The van der Waals surface area contributed by atoms with Gasteiger partial charge >= 0.3 is 0 Å². The first-order chi connectivity index (χ1) is 14.3. The van der Waals surface area contributed by atoms with Gasteiger partial charge in [0.05, 0.1) is 16.7 Å². The van der Waals surface area contributed by atoms with Crippen LogP contribution in [0.25, 0.3) is 38.8 Å². The Hall–Kier alpha value is -4.20. The van der Waals surface area contributed by atoms with E-state index < -0.39 is 0 Å². The van der Waals surface area contributed by atoms with Crippen molar-refractivity contribution in [2.45, 2.75) is 6.42 Å². The van der Waals surface area contributed by atoms with Gasteiger partial charge in [0.2, 0.25) is 0 Å². The number of H-pyrrole nitrogens is 1. The van der Waals surface area contributed by atoms with Gasteiger partial charge in [0.1, 0.15) is 5.52 Å². The third-order valence-corrected chi connectivity index (χ3v) is 4.98. The van der Waals surface area contributed by atoms with Crippen LogP contribution < -0.4 is 0 Å². The molecule has 0 spiro atoms. The summed E-state index contributed by atoms with van der Waals surface area (Å²) in [4.78, 5) is 4.38. The molecule has 0 amide bonds. The summed E-state index contributed by atoms with van der Waals surface area (Å²) < 4.78 is 1.80. The minimum absolute atomic E-state index is 0.631. The van der Waals surface area contributed by atoms with Crippen molar-refractivity contribution in [3.8, 4) is 11.3 Å². The zero-order valence-corrected chi connectivity index (χ0v) is 15.2. The molecule has 2 aromatic carbocycles. The van der Waals surface area contributed by atoms with Gasteiger partial charge in [-0.25, -0.2) is 0 Å². The van der Waals surface area contributed by atoms with Crippen molar-refractivity contribution in [1.29, 1.82) is 0 Å². The number of nitrogens with zero attached hydrogens (tertiary/aromatic N) is 7. The van der Waals surface area contributed by atoms with Crippen LogP contribution >= 0.6 is 0 Å². The smallest absolute Gasteiger partial charge is 0.177 e. The number of pyridine rings is 1. The van der Waals surface area contributed by atoms with Crippen LogP contribution in [0.5, 0.6) is 0 Å². The summed E-state index contributed by atoms with van der Waals surface area (Å²) in [7, 11) is 0. The summed E-state index contributed by atoms with van der Waals surface area (Å²) >= 11 is 0. The quantitative estimate of drug-likeness (QED) is 0.508. The summed E-state index contributed by atoms with van der Waals surface area (Å²) in [6, 6.07) is 20.0. The van der Waals surface area contributed by atoms with Gasteiger partial charge < -0.3 is 0 Å². The standard InChI is InChI=1S/C21H14N8/c1-2-14-10-13(3-5-16(14)22-9-1)11-21-26-25-20-8-7-17(27-29(20)21)15-4-6-18-19(12-15)24-28-23-18/h1-10,12H,11H2,(H,23,24,28). The Bertz CT molecular complexity index is 1500. The Balaban J connectivity index is 1.41. The molecular formula is C21H14N8. The minimum Gasteiger partial charge on any atom is -0.258 e. The summed E-state index contributed by atoms with van der Waals surface area (Å²) in [6.45, 7) is 0. The highest BCUT2D eigenvalue weighted by Crippen LogP contribution is 2.22. The lowest BCUT2D eigenvalue weighted by molar-refractivity contribution is 0.842. The fourth-order valence-corrected chi connectivity index (χ4v) is 3.52. The van der Waals surface area contributed by atoms with Crippen molar-refractivity contribution in [3.63, 3.8) is 0 Å². The maximum Gasteiger partial charge on any atom is 0.177 e. The molecule has 4 heterocycles. The second-order valence-electron chi connectivity index (χ2n) is 6.86. The molecule has 0 saturated heterocycles. The molecule has 0 bridgehead atoms. The van der Waals surface area contributed by atoms with Gasteiger partial charge in [0.15, 0.2) is 11.5 Å². The van der Waals surface area contributed by atoms with Crippen LogP contribution in [0.1, 0.15) is 11.4 Å². The first-order valence-electron chi connectivity index (χ1n) is 9.20. The van der Waals surface area contributed by atoms with Gasteiger partial charge in [0.25, 0.3) is 0 Å². The third-order valence-electron chi connectivity index (χ3n) is 4.98. The number of fused-ring (bicyclic) bond motifs is 3. The molecule has 0 radical (unpaired) electrons. The van der Waals surface area contributed by atoms with Crippen LogP contribution in [0.2, 0.25) is 0 Å². The van der Waals surface area contributed by atoms with Gasteiger partial charge in [-0.3, -0.25) is 10.1 Å². The van der Waals surface area contributed by atoms with Gasteiger partial charge in [-0.2, -0.15) is 9.61 Å². The van der Waals surface area contributed by atoms with Crippen LogP contribution in [-0.4, -0.2) is 40.2 Å². The third kappa shape index (κ3) is 2.69. The first-order valence-corrected chi connectivity index (χ1v) is 9.20. The van der Waals surface area contributed by atoms with E-state index in [2.05, 4.69) is 48.8 Å². The van der Waals surface area contributed by atoms with E-state index in [0.717, 1.165) is 50.2 Å². The average molecular weight is 378 g/mol. The molecule has 0 aliphatic carbocycles. The molecule has 0 aliphatic rings. The summed E-state index contributed by atoms with van der Waals surface area (Å²) in [6.07, 6.45) is 2.43. The second-order valence-corrected chi connectivity index (χ2v) is 6.86. The van der Waals surface area contributed by atoms with Crippen molar-refractivity contribution in [2.24, 2.45) is 0 Å². The largest absolute Gasteiger partial charge is 0.258 e. The van der Waals surface area contributed by atoms with E-state index in [-0.39, 0.29) is 0 Å². The fourth-order valence-electron chi connectivity index (χ4n) is 3.52. The highest BCUT2D eigenvalue weighted by atomic mass is 15.4. The Morgan fingerprint density at radius 1 is 0.862 bits per heavy atom. The summed E-state index contributed by atoms with van der Waals surface area (Å²) in [5, 5.41) is 25.3. The summed E-state index contributed by atoms with van der Waals surface area (Å²) in [5.41, 5.74) is 6.34. The first kappa shape index (κ1) is 15.8. The van der Waals surface area contributed by atoms with Crippen molar-refractivity contribution < 1.29 is 0 Å². The van der Waals surface area contributed by atoms with Crippen molar-refractivity contribution >= 4 is 27.6 Å². The Morgan fingerprint density at radius 3 is 2.83 bits per heavy atom. The minimum atomic E-state index is 0.631. The SMILES string of the molecule is c1cnc2ccc(Cc3nnc4ccc(-c5ccc6nn[nH]c6c5)nn34)cc2c1. The van der Waals surface area contributed by atoms with E-state index in [1.807, 2.05) is 42.5 Å². The molecule has 4 aromatic heterocycles. The van der Waals surface area contributed by atoms with Gasteiger partial charge in [0, 0.05) is 23.6 Å². The lowest BCUT2D eigenvalue weighted by Gasteiger charge is -2.05. The van der Waals surface area contributed by atoms with E-state index in [9.17, 15) is 0 Å². The van der Waals surface area contributed by atoms with Crippen LogP contribution in [0.3, 0.4) is 0 Å². The van der Waals surface area contributed by atoms with Gasteiger partial charge in [-0.1, -0.05) is 23.4 Å². The molecule has 138 valence electrons. The predicted molar refractivity (Wildman–Crippen MR) is 108 cm³/mol. The number of benzene rings is 2. The highest BCUT2D eigenvalue weighted by Gasteiger charge is 2.11. The molecule has 8 nitrogen and oxygen atoms in total. The number of hydrogen-bond acceptors (Lipinski definition) is 6. The van der Waals surface area contributed by atoms with E-state index >= 15 is 0 Å². The molecule has 0 fully saturated rings. The molecule has 29 heavy (non-hydrogen) atoms. The number of aromatic amines is 1. The van der Waals surface area contributed by atoms with E-state index in [0.29, 0.717) is 6.42 Å². The Kier molecular flexibility index (Phi) is 3.36. The molecule has 0 saturated carbocycles. The Labute approximate surface area is 164 Å². The molecule has 1 N–H and O–H groups in total. The van der Waals surface area contributed by atoms with E-state index in [1.54, 1.807) is 10.7 Å². The fraction of sp³-hybridized carbons (Fsp3) is 0.0476.